The van der Waals surface area contributed by atoms with Gasteiger partial charge < -0.3 is 14.6 Å². The number of anilines is 1. The number of furan rings is 1. The van der Waals surface area contributed by atoms with Crippen LogP contribution >= 0.6 is 11.3 Å². The number of carbonyl (C=O) groups excluding carboxylic acids is 2. The minimum atomic E-state index is -0.169. The molecule has 1 N–H and O–H groups in total. The van der Waals surface area contributed by atoms with Gasteiger partial charge in [-0.05, 0) is 67.5 Å². The largest absolute Gasteiger partial charge is 0.451 e. The molecule has 6 rings (SSSR count). The number of aromatic nitrogens is 1. The molecule has 1 fully saturated rings. The Kier molecular flexibility index (Phi) is 5.41. The molecule has 172 valence electrons. The first-order chi connectivity index (χ1) is 16.6. The van der Waals surface area contributed by atoms with Gasteiger partial charge in [-0.1, -0.05) is 24.3 Å². The first kappa shape index (κ1) is 21.1. The first-order valence-corrected chi connectivity index (χ1v) is 12.7. The van der Waals surface area contributed by atoms with Crippen molar-refractivity contribution >= 4 is 39.8 Å². The van der Waals surface area contributed by atoms with Crippen LogP contribution in [-0.4, -0.2) is 34.8 Å². The highest BCUT2D eigenvalue weighted by Gasteiger charge is 2.28. The van der Waals surface area contributed by atoms with Crippen molar-refractivity contribution in [2.45, 2.75) is 38.0 Å². The highest BCUT2D eigenvalue weighted by atomic mass is 32.1. The minimum Gasteiger partial charge on any atom is -0.451 e. The summed E-state index contributed by atoms with van der Waals surface area (Å²) in [5.74, 6) is 0.409. The Balaban J connectivity index is 1.07. The smallest absolute Gasteiger partial charge is 0.289 e. The van der Waals surface area contributed by atoms with Gasteiger partial charge in [0.1, 0.15) is 11.3 Å². The summed E-state index contributed by atoms with van der Waals surface area (Å²) in [5, 5.41) is 6.74. The highest BCUT2D eigenvalue weighted by Crippen LogP contribution is 2.32. The van der Waals surface area contributed by atoms with Crippen LogP contribution in [-0.2, 0) is 12.8 Å². The summed E-state index contributed by atoms with van der Waals surface area (Å²) < 4.78 is 5.75. The Morgan fingerprint density at radius 3 is 2.71 bits per heavy atom. The lowest BCUT2D eigenvalue weighted by molar-refractivity contribution is 0.0683. The predicted molar refractivity (Wildman–Crippen MR) is 133 cm³/mol. The van der Waals surface area contributed by atoms with E-state index < -0.39 is 0 Å². The Labute approximate surface area is 201 Å². The fourth-order valence-corrected chi connectivity index (χ4v) is 5.97. The lowest BCUT2D eigenvalue weighted by Gasteiger charge is -2.30. The molecule has 6 nitrogen and oxygen atoms in total. The zero-order chi connectivity index (χ0) is 23.1. The zero-order valence-corrected chi connectivity index (χ0v) is 19.6. The van der Waals surface area contributed by atoms with E-state index in [1.54, 1.807) is 0 Å². The number of nitrogens with zero attached hydrogens (tertiary/aromatic N) is 2. The number of piperidine rings is 1. The van der Waals surface area contributed by atoms with E-state index in [0.717, 1.165) is 47.3 Å². The summed E-state index contributed by atoms with van der Waals surface area (Å²) in [6.45, 7) is 1.30. The van der Waals surface area contributed by atoms with Gasteiger partial charge in [0.05, 0.1) is 5.01 Å². The van der Waals surface area contributed by atoms with Crippen LogP contribution in [0, 0.1) is 0 Å². The summed E-state index contributed by atoms with van der Waals surface area (Å²) in [7, 11) is 0. The molecule has 1 aliphatic heterocycles. The number of aryl methyl sites for hydroxylation is 2. The monoisotopic (exact) mass is 471 g/mol. The van der Waals surface area contributed by atoms with Crippen LogP contribution in [0.4, 0.5) is 5.69 Å². The predicted octanol–water partition coefficient (Wildman–Crippen LogP) is 5.65. The topological polar surface area (TPSA) is 75.4 Å². The molecule has 2 aromatic heterocycles. The molecule has 0 bridgehead atoms. The van der Waals surface area contributed by atoms with E-state index in [0.29, 0.717) is 24.5 Å². The van der Waals surface area contributed by atoms with Crippen LogP contribution in [0.1, 0.15) is 62.4 Å². The summed E-state index contributed by atoms with van der Waals surface area (Å²) in [5.41, 5.74) is 4.74. The van der Waals surface area contributed by atoms with Crippen LogP contribution in [0.3, 0.4) is 0 Å². The normalized spacial score (nSPS) is 16.1. The van der Waals surface area contributed by atoms with Gasteiger partial charge in [0.2, 0.25) is 0 Å². The highest BCUT2D eigenvalue weighted by molar-refractivity contribution is 7.10. The number of carbonyl (C=O) groups is 2. The Hall–Kier alpha value is -3.45. The Morgan fingerprint density at radius 2 is 1.85 bits per heavy atom. The fraction of sp³-hybridized carbons (Fsp3) is 0.296. The summed E-state index contributed by atoms with van der Waals surface area (Å²) in [4.78, 5) is 32.2. The average Bonchev–Trinajstić information content (AvgIpc) is 3.62. The second-order valence-electron chi connectivity index (χ2n) is 9.08. The molecule has 3 heterocycles. The van der Waals surface area contributed by atoms with Crippen LogP contribution in [0.25, 0.3) is 11.0 Å². The van der Waals surface area contributed by atoms with Crippen LogP contribution in [0.2, 0.25) is 0 Å². The molecule has 0 atom stereocenters. The van der Waals surface area contributed by atoms with Gasteiger partial charge in [0.15, 0.2) is 5.76 Å². The maximum absolute atomic E-state index is 12.9. The summed E-state index contributed by atoms with van der Waals surface area (Å²) >= 11 is 1.53. The van der Waals surface area contributed by atoms with E-state index in [1.807, 2.05) is 46.7 Å². The van der Waals surface area contributed by atoms with Crippen molar-refractivity contribution in [2.24, 2.45) is 0 Å². The Bertz CT molecular complexity index is 1350. The Morgan fingerprint density at radius 1 is 1.03 bits per heavy atom. The zero-order valence-electron chi connectivity index (χ0n) is 18.8. The number of hydrogen-bond acceptors (Lipinski definition) is 5. The number of likely N-dealkylation sites (tertiary alicyclic amines) is 1. The van der Waals surface area contributed by atoms with E-state index in [-0.39, 0.29) is 17.7 Å². The third-order valence-corrected chi connectivity index (χ3v) is 7.89. The molecule has 0 saturated carbocycles. The van der Waals surface area contributed by atoms with Crippen LogP contribution in [0.15, 0.2) is 58.3 Å². The van der Waals surface area contributed by atoms with Crippen molar-refractivity contribution in [1.29, 1.82) is 0 Å². The van der Waals surface area contributed by atoms with Crippen molar-refractivity contribution < 1.29 is 14.0 Å². The van der Waals surface area contributed by atoms with E-state index in [4.69, 9.17) is 4.42 Å². The number of benzene rings is 2. The number of rotatable bonds is 4. The molecule has 0 spiro atoms. The quantitative estimate of drug-likeness (QED) is 0.417. The molecule has 2 aromatic carbocycles. The fourth-order valence-electron chi connectivity index (χ4n) is 5.00. The third-order valence-electron chi connectivity index (χ3n) is 6.88. The molecule has 7 heteroatoms. The number of hydrogen-bond donors (Lipinski definition) is 1. The average molecular weight is 472 g/mol. The first-order valence-electron chi connectivity index (χ1n) is 11.8. The molecule has 2 aliphatic rings. The lowest BCUT2D eigenvalue weighted by Crippen LogP contribution is -2.37. The van der Waals surface area contributed by atoms with E-state index >= 15 is 0 Å². The van der Waals surface area contributed by atoms with Gasteiger partial charge in [-0.15, -0.1) is 11.3 Å². The second kappa shape index (κ2) is 8.72. The van der Waals surface area contributed by atoms with Gasteiger partial charge in [-0.25, -0.2) is 4.98 Å². The van der Waals surface area contributed by atoms with Gasteiger partial charge in [0.25, 0.3) is 11.8 Å². The van der Waals surface area contributed by atoms with Gasteiger partial charge in [-0.3, -0.25) is 9.59 Å². The van der Waals surface area contributed by atoms with Crippen LogP contribution < -0.4 is 5.32 Å². The number of amides is 2. The minimum absolute atomic E-state index is 0.0665. The molecule has 4 aromatic rings. The molecular weight excluding hydrogens is 446 g/mol. The second-order valence-corrected chi connectivity index (χ2v) is 9.97. The number of fused-ring (bicyclic) bond motifs is 2. The van der Waals surface area contributed by atoms with Crippen molar-refractivity contribution in [1.82, 2.24) is 9.88 Å². The summed E-state index contributed by atoms with van der Waals surface area (Å²) in [6, 6.07) is 15.7. The van der Waals surface area contributed by atoms with Crippen molar-refractivity contribution in [2.75, 3.05) is 18.4 Å². The molecule has 1 aliphatic carbocycles. The molecule has 1 saturated heterocycles. The standard InChI is InChI=1S/C27H25N3O3S/c31-25(28-21-9-8-17-5-3-6-19(17)14-21)22-16-34-26(29-22)18-10-12-30(13-11-18)27(32)24-15-20-4-1-2-7-23(20)33-24/h1-2,4,7-9,14-16,18H,3,5-6,10-13H2,(H,28,31). The molecular formula is C27H25N3O3S. The molecule has 2 amide bonds. The number of para-hydroxylation sites is 1. The third kappa shape index (κ3) is 4.01. The van der Waals surface area contributed by atoms with E-state index in [2.05, 4.69) is 22.4 Å². The maximum atomic E-state index is 12.9. The molecule has 34 heavy (non-hydrogen) atoms. The maximum Gasteiger partial charge on any atom is 0.289 e. The molecule has 0 radical (unpaired) electrons. The number of thiazole rings is 1. The number of nitrogens with one attached hydrogen (secondary N) is 1. The van der Waals surface area contributed by atoms with Crippen LogP contribution in [0.5, 0.6) is 0 Å². The van der Waals surface area contributed by atoms with Gasteiger partial charge in [0, 0.05) is 35.5 Å². The SMILES string of the molecule is O=C(Nc1ccc2c(c1)CCC2)c1csc(C2CCN(C(=O)c3cc4ccccc4o3)CC2)n1. The van der Waals surface area contributed by atoms with Gasteiger partial charge in [-0.2, -0.15) is 0 Å². The van der Waals surface area contributed by atoms with E-state index in [1.165, 1.54) is 28.9 Å². The van der Waals surface area contributed by atoms with Crippen molar-refractivity contribution in [3.05, 3.63) is 81.5 Å². The van der Waals surface area contributed by atoms with E-state index in [9.17, 15) is 9.59 Å². The van der Waals surface area contributed by atoms with Crippen molar-refractivity contribution in [3.8, 4) is 0 Å². The van der Waals surface area contributed by atoms with Crippen molar-refractivity contribution in [3.63, 3.8) is 0 Å². The molecule has 0 unspecified atom stereocenters. The lowest BCUT2D eigenvalue weighted by atomic mass is 9.97. The van der Waals surface area contributed by atoms with Gasteiger partial charge >= 0.3 is 0 Å². The summed E-state index contributed by atoms with van der Waals surface area (Å²) in [6.07, 6.45) is 5.04.